The molecule has 1 aliphatic carbocycles. The minimum atomic E-state index is -4.88. The molecule has 2 unspecified atom stereocenters. The van der Waals surface area contributed by atoms with Crippen LogP contribution in [0.4, 0.5) is 10.1 Å². The predicted molar refractivity (Wildman–Crippen MR) is 82.7 cm³/mol. The summed E-state index contributed by atoms with van der Waals surface area (Å²) in [5.41, 5.74) is -4.79. The molecule has 1 saturated heterocycles. The molecule has 2 fully saturated rings. The highest BCUT2D eigenvalue weighted by Crippen LogP contribution is 2.44. The second kappa shape index (κ2) is 5.49. The molecule has 1 saturated carbocycles. The van der Waals surface area contributed by atoms with Crippen LogP contribution in [0.1, 0.15) is 23.2 Å². The van der Waals surface area contributed by atoms with Gasteiger partial charge in [-0.05, 0) is 18.6 Å². The molecule has 0 aromatic heterocycles. The van der Waals surface area contributed by atoms with Gasteiger partial charge in [0.15, 0.2) is 17.1 Å². The summed E-state index contributed by atoms with van der Waals surface area (Å²) < 4.78 is 47.6. The zero-order chi connectivity index (χ0) is 18.6. The number of Topliss-reactive ketones (excluding diaryl/α,β-unsaturated/α-hetero) is 1. The minimum Gasteiger partial charge on any atom is -0.355 e. The maximum atomic E-state index is 14.9. The van der Waals surface area contributed by atoms with E-state index in [1.807, 2.05) is 5.32 Å². The Bertz CT molecular complexity index is 902. The van der Waals surface area contributed by atoms with Crippen molar-refractivity contribution in [1.29, 1.82) is 0 Å². The van der Waals surface area contributed by atoms with Crippen LogP contribution in [0.5, 0.6) is 0 Å². The maximum absolute atomic E-state index is 14.9. The number of halogens is 1. The van der Waals surface area contributed by atoms with Gasteiger partial charge in [0, 0.05) is 13.5 Å². The number of hydrogen-bond donors (Lipinski definition) is 3. The molecule has 0 bridgehead atoms. The number of nitrogens with zero attached hydrogens (tertiary/aromatic N) is 1. The van der Waals surface area contributed by atoms with Gasteiger partial charge in [-0.15, -0.1) is 0 Å². The zero-order valence-corrected chi connectivity index (χ0v) is 13.8. The first-order chi connectivity index (χ1) is 11.6. The summed E-state index contributed by atoms with van der Waals surface area (Å²) in [4.78, 5) is 36.9. The summed E-state index contributed by atoms with van der Waals surface area (Å²) in [6.45, 7) is 0. The van der Waals surface area contributed by atoms with E-state index in [9.17, 15) is 31.7 Å². The van der Waals surface area contributed by atoms with Crippen LogP contribution < -0.4 is 15.5 Å². The van der Waals surface area contributed by atoms with Gasteiger partial charge in [-0.1, -0.05) is 6.07 Å². The van der Waals surface area contributed by atoms with Crippen molar-refractivity contribution < 1.29 is 31.7 Å². The number of carbonyl (C=O) groups is 3. The van der Waals surface area contributed by atoms with E-state index in [1.54, 1.807) is 0 Å². The van der Waals surface area contributed by atoms with Gasteiger partial charge in [-0.3, -0.25) is 18.9 Å². The molecule has 1 aromatic carbocycles. The van der Waals surface area contributed by atoms with Crippen LogP contribution in [0.3, 0.4) is 0 Å². The number of anilines is 1. The van der Waals surface area contributed by atoms with Crippen LogP contribution in [-0.4, -0.2) is 48.7 Å². The van der Waals surface area contributed by atoms with E-state index in [4.69, 9.17) is 0 Å². The first-order valence-corrected chi connectivity index (χ1v) is 8.75. The second-order valence-corrected chi connectivity index (χ2v) is 7.19. The molecule has 9 nitrogen and oxygen atoms in total. The molecule has 0 radical (unpaired) electrons. The molecular weight excluding hydrogens is 357 g/mol. The number of amides is 2. The Balaban J connectivity index is 2.23. The monoisotopic (exact) mass is 371 g/mol. The summed E-state index contributed by atoms with van der Waals surface area (Å²) >= 11 is 0. The number of benzene rings is 1. The van der Waals surface area contributed by atoms with E-state index in [-0.39, 0.29) is 12.8 Å². The van der Waals surface area contributed by atoms with Gasteiger partial charge in [0.05, 0.1) is 11.3 Å². The second-order valence-electron chi connectivity index (χ2n) is 5.71. The van der Waals surface area contributed by atoms with Gasteiger partial charge in [0.2, 0.25) is 5.50 Å². The third kappa shape index (κ3) is 2.30. The normalized spacial score (nSPS) is 25.7. The lowest BCUT2D eigenvalue weighted by molar-refractivity contribution is -0.139. The Labute approximate surface area is 141 Å². The Morgan fingerprint density at radius 1 is 1.44 bits per heavy atom. The minimum absolute atomic E-state index is 0.0128. The van der Waals surface area contributed by atoms with Crippen molar-refractivity contribution in [2.45, 2.75) is 23.9 Å². The lowest BCUT2D eigenvalue weighted by Gasteiger charge is -2.43. The maximum Gasteiger partial charge on any atom is 0.306 e. The number of carbonyl (C=O) groups excluding carboxylic acids is 3. The van der Waals surface area contributed by atoms with Gasteiger partial charge in [-0.2, -0.15) is 8.42 Å². The van der Waals surface area contributed by atoms with Gasteiger partial charge < -0.3 is 15.5 Å². The van der Waals surface area contributed by atoms with Crippen molar-refractivity contribution in [2.24, 2.45) is 0 Å². The zero-order valence-electron chi connectivity index (χ0n) is 12.9. The average Bonchev–Trinajstić information content (AvgIpc) is 2.88. The fourth-order valence-corrected chi connectivity index (χ4v) is 3.94. The van der Waals surface area contributed by atoms with Crippen LogP contribution >= 0.6 is 0 Å². The van der Waals surface area contributed by atoms with Gasteiger partial charge in [0.25, 0.3) is 11.8 Å². The highest BCUT2D eigenvalue weighted by molar-refractivity contribution is 7.86. The Kier molecular flexibility index (Phi) is 3.80. The number of hydrogen-bond acceptors (Lipinski definition) is 6. The smallest absolute Gasteiger partial charge is 0.306 e. The first-order valence-electron chi connectivity index (χ1n) is 7.25. The van der Waals surface area contributed by atoms with Crippen molar-refractivity contribution in [1.82, 2.24) is 10.6 Å². The van der Waals surface area contributed by atoms with Gasteiger partial charge in [-0.25, -0.2) is 4.39 Å². The molecule has 2 amide bonds. The molecule has 25 heavy (non-hydrogen) atoms. The molecule has 134 valence electrons. The number of rotatable bonds is 3. The van der Waals surface area contributed by atoms with Crippen molar-refractivity contribution in [3.05, 3.63) is 29.6 Å². The van der Waals surface area contributed by atoms with Crippen LogP contribution in [0.15, 0.2) is 18.2 Å². The lowest BCUT2D eigenvalue weighted by atomic mass is 9.74. The summed E-state index contributed by atoms with van der Waals surface area (Å²) in [7, 11) is -3.60. The fourth-order valence-electron chi connectivity index (χ4n) is 3.12. The lowest BCUT2D eigenvalue weighted by Crippen LogP contribution is -2.64. The average molecular weight is 371 g/mol. The topological polar surface area (TPSA) is 133 Å². The highest BCUT2D eigenvalue weighted by atomic mass is 32.2. The van der Waals surface area contributed by atoms with E-state index in [0.29, 0.717) is 4.90 Å². The molecule has 1 spiro atoms. The third-order valence-corrected chi connectivity index (χ3v) is 5.34. The molecule has 1 aromatic rings. The molecule has 3 rings (SSSR count). The molecule has 1 heterocycles. The van der Waals surface area contributed by atoms with Gasteiger partial charge >= 0.3 is 10.1 Å². The van der Waals surface area contributed by atoms with Crippen LogP contribution in [0.25, 0.3) is 0 Å². The predicted octanol–water partition coefficient (Wildman–Crippen LogP) is -0.605. The quantitative estimate of drug-likeness (QED) is 0.477. The summed E-state index contributed by atoms with van der Waals surface area (Å²) in [5.74, 6) is -3.40. The Morgan fingerprint density at radius 3 is 2.60 bits per heavy atom. The van der Waals surface area contributed by atoms with E-state index < -0.39 is 55.8 Å². The van der Waals surface area contributed by atoms with Crippen LogP contribution in [0, 0.1) is 5.82 Å². The summed E-state index contributed by atoms with van der Waals surface area (Å²) in [6.07, 6.45) is -0.0216. The van der Waals surface area contributed by atoms with Crippen LogP contribution in [-0.2, 0) is 19.7 Å². The largest absolute Gasteiger partial charge is 0.355 e. The molecular formula is C14H14FN3O6S. The molecule has 3 N–H and O–H groups in total. The van der Waals surface area contributed by atoms with E-state index in [1.165, 1.54) is 19.2 Å². The van der Waals surface area contributed by atoms with Crippen molar-refractivity contribution in [2.75, 3.05) is 11.9 Å². The molecule has 2 atom stereocenters. The van der Waals surface area contributed by atoms with E-state index in [2.05, 4.69) is 5.32 Å². The fraction of sp³-hybridized carbons (Fsp3) is 0.357. The number of nitrogens with one attached hydrogen (secondary N) is 2. The SMILES string of the molecule is CNC(=O)c1cccc(N2C(S(=O)(=O)O)NC(=O)C23CCC3=O)c1F. The first kappa shape index (κ1) is 17.3. The van der Waals surface area contributed by atoms with E-state index >= 15 is 0 Å². The number of ketones is 1. The highest BCUT2D eigenvalue weighted by Gasteiger charge is 2.65. The Hall–Kier alpha value is -2.53. The Morgan fingerprint density at radius 2 is 2.12 bits per heavy atom. The van der Waals surface area contributed by atoms with E-state index in [0.717, 1.165) is 6.07 Å². The summed E-state index contributed by atoms with van der Waals surface area (Å²) in [6, 6.07) is 3.58. The third-order valence-electron chi connectivity index (χ3n) is 4.44. The van der Waals surface area contributed by atoms with Crippen molar-refractivity contribution in [3.63, 3.8) is 0 Å². The van der Waals surface area contributed by atoms with Gasteiger partial charge in [0.1, 0.15) is 0 Å². The van der Waals surface area contributed by atoms with Crippen molar-refractivity contribution >= 4 is 33.4 Å². The van der Waals surface area contributed by atoms with Crippen molar-refractivity contribution in [3.8, 4) is 0 Å². The molecule has 2 aliphatic rings. The van der Waals surface area contributed by atoms with Crippen LogP contribution in [0.2, 0.25) is 0 Å². The summed E-state index contributed by atoms with van der Waals surface area (Å²) in [5, 5.41) is 4.25. The standard InChI is InChI=1S/C14H14FN3O6S/c1-16-11(20)7-3-2-4-8(10(7)15)18-13(25(22,23)24)17-12(21)14(18)6-5-9(14)19/h2-4,13H,5-6H2,1H3,(H,16,20)(H,17,21)(H,22,23,24). The molecule has 1 aliphatic heterocycles. The molecule has 11 heteroatoms.